The van der Waals surface area contributed by atoms with Crippen LogP contribution in [-0.4, -0.2) is 42.2 Å². The van der Waals surface area contributed by atoms with E-state index in [0.29, 0.717) is 22.9 Å². The number of nitrogens with zero attached hydrogens (tertiary/aromatic N) is 2. The van der Waals surface area contributed by atoms with Crippen LogP contribution < -0.4 is 11.1 Å². The molecule has 1 atom stereocenters. The lowest BCUT2D eigenvalue weighted by Gasteiger charge is -2.31. The number of benzene rings is 1. The van der Waals surface area contributed by atoms with Gasteiger partial charge in [0.1, 0.15) is 10.6 Å². The zero-order chi connectivity index (χ0) is 22.9. The number of amides is 2. The number of rotatable bonds is 6. The molecule has 31 heavy (non-hydrogen) atoms. The van der Waals surface area contributed by atoms with Gasteiger partial charge >= 0.3 is 0 Å². The minimum Gasteiger partial charge on any atom is -0.364 e. The van der Waals surface area contributed by atoms with Crippen molar-refractivity contribution in [2.45, 2.75) is 30.7 Å². The molecule has 1 fully saturated rings. The molecule has 1 aliphatic rings. The third-order valence-electron chi connectivity index (χ3n) is 5.48. The van der Waals surface area contributed by atoms with E-state index in [9.17, 15) is 18.0 Å². The number of nitrogens with two attached hydrogens (primary N) is 1. The SMILES string of the molecule is C[C@H](NC(=O)C1CCN(S(=O)(=O)c2cc(C(N)=O)n(C)c2)CC1)c1ccc(Cl)cc1Cl. The highest BCUT2D eigenvalue weighted by Crippen LogP contribution is 2.28. The summed E-state index contributed by atoms with van der Waals surface area (Å²) in [6, 6.07) is 6.06. The molecule has 0 spiro atoms. The van der Waals surface area contributed by atoms with Crippen LogP contribution in [0.1, 0.15) is 41.9 Å². The first-order chi connectivity index (χ1) is 14.5. The summed E-state index contributed by atoms with van der Waals surface area (Å²) in [5.74, 6) is -1.16. The van der Waals surface area contributed by atoms with E-state index in [1.807, 2.05) is 6.92 Å². The Morgan fingerprint density at radius 2 is 1.84 bits per heavy atom. The van der Waals surface area contributed by atoms with E-state index < -0.39 is 15.9 Å². The molecule has 0 radical (unpaired) electrons. The first-order valence-corrected chi connectivity index (χ1v) is 11.9. The lowest BCUT2D eigenvalue weighted by Crippen LogP contribution is -2.43. The van der Waals surface area contributed by atoms with Gasteiger partial charge < -0.3 is 15.6 Å². The fraction of sp³-hybridized carbons (Fsp3) is 0.400. The number of aromatic nitrogens is 1. The number of carbonyl (C=O) groups excluding carboxylic acids is 2. The van der Waals surface area contributed by atoms with E-state index in [4.69, 9.17) is 28.9 Å². The summed E-state index contributed by atoms with van der Waals surface area (Å²) in [4.78, 5) is 24.1. The second-order valence-electron chi connectivity index (χ2n) is 7.61. The topological polar surface area (TPSA) is 114 Å². The molecule has 11 heteroatoms. The first-order valence-electron chi connectivity index (χ1n) is 9.72. The van der Waals surface area contributed by atoms with Crippen LogP contribution in [0.5, 0.6) is 0 Å². The summed E-state index contributed by atoms with van der Waals surface area (Å²) in [7, 11) is -2.22. The Balaban J connectivity index is 1.62. The molecule has 2 amide bonds. The molecule has 168 valence electrons. The molecule has 1 aromatic heterocycles. The minimum atomic E-state index is -3.78. The summed E-state index contributed by atoms with van der Waals surface area (Å²) in [6.07, 6.45) is 2.15. The van der Waals surface area contributed by atoms with Crippen molar-refractivity contribution in [1.82, 2.24) is 14.2 Å². The number of aryl methyl sites for hydroxylation is 1. The van der Waals surface area contributed by atoms with Crippen molar-refractivity contribution < 1.29 is 18.0 Å². The summed E-state index contributed by atoms with van der Waals surface area (Å²) >= 11 is 12.1. The maximum absolute atomic E-state index is 12.9. The minimum absolute atomic E-state index is 0.0118. The molecule has 0 saturated carbocycles. The highest BCUT2D eigenvalue weighted by molar-refractivity contribution is 7.89. The molecule has 0 aliphatic carbocycles. The molecular weight excluding hydrogens is 463 g/mol. The summed E-state index contributed by atoms with van der Waals surface area (Å²) in [6.45, 7) is 2.24. The summed E-state index contributed by atoms with van der Waals surface area (Å²) in [5, 5.41) is 3.93. The van der Waals surface area contributed by atoms with E-state index >= 15 is 0 Å². The van der Waals surface area contributed by atoms with Crippen molar-refractivity contribution in [3.63, 3.8) is 0 Å². The first kappa shape index (κ1) is 23.6. The Bertz CT molecular complexity index is 1110. The van der Waals surface area contributed by atoms with Gasteiger partial charge in [0.2, 0.25) is 15.9 Å². The molecule has 0 bridgehead atoms. The number of sulfonamides is 1. The fourth-order valence-electron chi connectivity index (χ4n) is 3.69. The van der Waals surface area contributed by atoms with Crippen molar-refractivity contribution in [3.05, 3.63) is 51.8 Å². The van der Waals surface area contributed by atoms with Gasteiger partial charge in [0.25, 0.3) is 5.91 Å². The van der Waals surface area contributed by atoms with E-state index in [-0.39, 0.29) is 41.5 Å². The molecule has 8 nitrogen and oxygen atoms in total. The monoisotopic (exact) mass is 486 g/mol. The van der Waals surface area contributed by atoms with Crippen LogP contribution in [-0.2, 0) is 21.9 Å². The number of hydrogen-bond donors (Lipinski definition) is 2. The van der Waals surface area contributed by atoms with Crippen molar-refractivity contribution in [2.75, 3.05) is 13.1 Å². The van der Waals surface area contributed by atoms with Crippen molar-refractivity contribution in [1.29, 1.82) is 0 Å². The zero-order valence-corrected chi connectivity index (χ0v) is 19.5. The summed E-state index contributed by atoms with van der Waals surface area (Å²) in [5.41, 5.74) is 6.14. The second kappa shape index (κ2) is 9.20. The van der Waals surface area contributed by atoms with Gasteiger partial charge in [-0.25, -0.2) is 8.42 Å². The van der Waals surface area contributed by atoms with Crippen LogP contribution in [0.4, 0.5) is 0 Å². The highest BCUT2D eigenvalue weighted by Gasteiger charge is 2.33. The average Bonchev–Trinajstić information content (AvgIpc) is 3.10. The standard InChI is InChI=1S/C20H24Cl2N4O4S/c1-12(16-4-3-14(21)9-17(16)22)24-20(28)13-5-7-26(8-6-13)31(29,30)15-10-18(19(23)27)25(2)11-15/h3-4,9-13H,5-8H2,1-2H3,(H2,23,27)(H,24,28)/t12-/m0/s1. The third-order valence-corrected chi connectivity index (χ3v) is 7.91. The van der Waals surface area contributed by atoms with Crippen LogP contribution in [0.2, 0.25) is 10.0 Å². The average molecular weight is 487 g/mol. The van der Waals surface area contributed by atoms with Crippen LogP contribution in [0.3, 0.4) is 0 Å². The van der Waals surface area contributed by atoms with Gasteiger partial charge in [-0.3, -0.25) is 9.59 Å². The van der Waals surface area contributed by atoms with Crippen LogP contribution >= 0.6 is 23.2 Å². The maximum Gasteiger partial charge on any atom is 0.265 e. The van der Waals surface area contributed by atoms with Gasteiger partial charge in [0.15, 0.2) is 0 Å². The Hall–Kier alpha value is -2.07. The van der Waals surface area contributed by atoms with Crippen molar-refractivity contribution in [2.24, 2.45) is 18.7 Å². The predicted octanol–water partition coefficient (Wildman–Crippen LogP) is 2.71. The van der Waals surface area contributed by atoms with E-state index in [1.54, 1.807) is 25.2 Å². The van der Waals surface area contributed by atoms with Gasteiger partial charge in [-0.1, -0.05) is 29.3 Å². The van der Waals surface area contributed by atoms with Crippen LogP contribution in [0.25, 0.3) is 0 Å². The summed E-state index contributed by atoms with van der Waals surface area (Å²) < 4.78 is 28.5. The van der Waals surface area contributed by atoms with Gasteiger partial charge in [-0.2, -0.15) is 4.31 Å². The zero-order valence-electron chi connectivity index (χ0n) is 17.1. The van der Waals surface area contributed by atoms with Gasteiger partial charge in [0.05, 0.1) is 6.04 Å². The molecule has 1 aliphatic heterocycles. The van der Waals surface area contributed by atoms with E-state index in [0.717, 1.165) is 5.56 Å². The van der Waals surface area contributed by atoms with E-state index in [2.05, 4.69) is 5.32 Å². The van der Waals surface area contributed by atoms with Crippen LogP contribution in [0.15, 0.2) is 35.4 Å². The molecular formula is C20H24Cl2N4O4S. The Labute approximate surface area is 191 Å². The molecule has 1 aromatic carbocycles. The molecule has 0 unspecified atom stereocenters. The van der Waals surface area contributed by atoms with Gasteiger partial charge in [-0.15, -0.1) is 0 Å². The predicted molar refractivity (Wildman–Crippen MR) is 118 cm³/mol. The number of nitrogens with one attached hydrogen (secondary N) is 1. The second-order valence-corrected chi connectivity index (χ2v) is 10.4. The third kappa shape index (κ3) is 5.06. The number of primary amides is 1. The molecule has 2 heterocycles. The number of carbonyl (C=O) groups is 2. The maximum atomic E-state index is 12.9. The fourth-order valence-corrected chi connectivity index (χ4v) is 5.80. The van der Waals surface area contributed by atoms with Crippen molar-refractivity contribution >= 4 is 45.0 Å². The Kier molecular flexibility index (Phi) is 7.00. The molecule has 2 aromatic rings. The van der Waals surface area contributed by atoms with Gasteiger partial charge in [0, 0.05) is 42.3 Å². The number of hydrogen-bond acceptors (Lipinski definition) is 4. The Morgan fingerprint density at radius 3 is 2.39 bits per heavy atom. The van der Waals surface area contributed by atoms with Gasteiger partial charge in [-0.05, 0) is 43.5 Å². The number of halogens is 2. The lowest BCUT2D eigenvalue weighted by molar-refractivity contribution is -0.126. The largest absolute Gasteiger partial charge is 0.364 e. The van der Waals surface area contributed by atoms with E-state index in [1.165, 1.54) is 21.1 Å². The lowest BCUT2D eigenvalue weighted by atomic mass is 9.96. The normalized spacial score (nSPS) is 16.8. The molecule has 1 saturated heterocycles. The molecule has 3 N–H and O–H groups in total. The Morgan fingerprint density at radius 1 is 1.19 bits per heavy atom. The van der Waals surface area contributed by atoms with Crippen molar-refractivity contribution in [3.8, 4) is 0 Å². The van der Waals surface area contributed by atoms with Crippen LogP contribution in [0, 0.1) is 5.92 Å². The quantitative estimate of drug-likeness (QED) is 0.652. The number of piperidine rings is 1. The molecule has 3 rings (SSSR count). The smallest absolute Gasteiger partial charge is 0.265 e. The highest BCUT2D eigenvalue weighted by atomic mass is 35.5.